The van der Waals surface area contributed by atoms with Crippen LogP contribution in [0.4, 0.5) is 44.7 Å². The maximum absolute atomic E-state index is 14.3. The smallest absolute Gasteiger partial charge is 0.438 e. The number of halogens is 13. The van der Waals surface area contributed by atoms with Gasteiger partial charge in [0, 0.05) is 48.2 Å². The molecule has 2 heterocycles. The molecule has 2 aliphatic carbocycles. The Kier molecular flexibility index (Phi) is 19.6. The van der Waals surface area contributed by atoms with E-state index in [0.717, 1.165) is 44.2 Å². The Morgan fingerprint density at radius 2 is 1.07 bits per heavy atom. The highest BCUT2D eigenvalue weighted by molar-refractivity contribution is 6.35. The van der Waals surface area contributed by atoms with Crippen LogP contribution in [-0.4, -0.2) is 92.9 Å². The Morgan fingerprint density at radius 1 is 0.667 bits per heavy atom. The van der Waals surface area contributed by atoms with Crippen LogP contribution in [0.15, 0.2) is 71.0 Å². The van der Waals surface area contributed by atoms with Crippen molar-refractivity contribution in [3.63, 3.8) is 0 Å². The first-order valence-electron chi connectivity index (χ1n) is 23.5. The van der Waals surface area contributed by atoms with Crippen LogP contribution in [0.3, 0.4) is 0 Å². The Bertz CT molecular complexity index is 3230. The van der Waals surface area contributed by atoms with Crippen LogP contribution < -0.4 is 5.32 Å². The maximum Gasteiger partial charge on any atom is 0.509 e. The van der Waals surface area contributed by atoms with Gasteiger partial charge in [-0.2, -0.15) is 36.9 Å². The summed E-state index contributed by atoms with van der Waals surface area (Å²) >= 11 is 27.9. The van der Waals surface area contributed by atoms with Gasteiger partial charge in [0.2, 0.25) is 0 Å². The molecule has 2 atom stereocenters. The molecule has 0 saturated heterocycles. The van der Waals surface area contributed by atoms with Crippen LogP contribution >= 0.6 is 58.0 Å². The molecular weight excluding hydrogens is 1200 g/mol. The third kappa shape index (κ3) is 14.1. The standard InChI is InChI=1S/C26H21Cl2F4N3O5.C23H17Cl2F4N3O2.C3H5ClO3/c1-14-7-15(3-4-17(14)22(36)35(13-39-23(37)38-2)12-24(11-33)5-6-24)20-10-25(40-34-20,26(30,31)32)16-8-18(27)21(29)19(28)9-16;1-12-6-13(2-3-15(12)20(33)31-11-21(10-30)4-5-21)18-9-22(34-32-18,23(27,28)29)14-7-16(24)19(26)17(25)8-14;1-6-3(5)7-2-4/h3-4,7-9H,5-6,10,12-13H2,1-2H3;2-3,6-8H,4-5,9,11H2,1H3,(H,31,33);2H2,1H3/t25-;22-;/m00./s1. The fourth-order valence-corrected chi connectivity index (χ4v) is 9.22. The normalized spacial score (nSPS) is 18.9. The lowest BCUT2D eigenvalue weighted by Gasteiger charge is -2.29. The largest absolute Gasteiger partial charge is 0.509 e. The van der Waals surface area contributed by atoms with Crippen molar-refractivity contribution in [3.8, 4) is 12.1 Å². The third-order valence-electron chi connectivity index (χ3n) is 13.3. The van der Waals surface area contributed by atoms with Crippen molar-refractivity contribution in [2.75, 3.05) is 40.1 Å². The zero-order chi connectivity index (χ0) is 60.0. The molecule has 0 spiro atoms. The van der Waals surface area contributed by atoms with E-state index in [1.54, 1.807) is 13.8 Å². The van der Waals surface area contributed by atoms with Gasteiger partial charge < -0.3 is 38.8 Å². The van der Waals surface area contributed by atoms with Gasteiger partial charge >= 0.3 is 24.7 Å². The number of alkyl halides is 7. The third-order valence-corrected chi connectivity index (χ3v) is 14.5. The van der Waals surface area contributed by atoms with E-state index in [4.69, 9.17) is 77.7 Å². The molecule has 2 fully saturated rings. The number of carbonyl (C=O) groups excluding carboxylic acids is 4. The maximum atomic E-state index is 14.3. The summed E-state index contributed by atoms with van der Waals surface area (Å²) in [6.45, 7) is 3.00. The Labute approximate surface area is 481 Å². The molecule has 2 saturated carbocycles. The summed E-state index contributed by atoms with van der Waals surface area (Å²) in [6.07, 6.45) is -10.5. The fraction of sp³-hybridized carbons (Fsp3) is 0.385. The molecule has 29 heteroatoms. The lowest BCUT2D eigenvalue weighted by atomic mass is 9.86. The van der Waals surface area contributed by atoms with Crippen molar-refractivity contribution in [3.05, 3.63) is 137 Å². The first-order chi connectivity index (χ1) is 38.0. The number of benzene rings is 4. The van der Waals surface area contributed by atoms with Crippen LogP contribution in [0, 0.1) is 59.0 Å². The molecule has 0 aromatic heterocycles. The van der Waals surface area contributed by atoms with Gasteiger partial charge in [-0.25, -0.2) is 18.4 Å². The summed E-state index contributed by atoms with van der Waals surface area (Å²) in [7, 11) is 2.33. The van der Waals surface area contributed by atoms with Crippen LogP contribution in [0.5, 0.6) is 0 Å². The molecule has 0 bridgehead atoms. The number of nitrogens with one attached hydrogen (secondary N) is 1. The van der Waals surface area contributed by atoms with Gasteiger partial charge in [-0.15, -0.1) is 0 Å². The Morgan fingerprint density at radius 3 is 1.42 bits per heavy atom. The van der Waals surface area contributed by atoms with E-state index in [1.807, 2.05) is 0 Å². The minimum Gasteiger partial charge on any atom is -0.438 e. The Balaban J connectivity index is 0.000000236. The summed E-state index contributed by atoms with van der Waals surface area (Å²) < 4.78 is 131. The zero-order valence-corrected chi connectivity index (χ0v) is 46.4. The second-order valence-electron chi connectivity index (χ2n) is 18.7. The van der Waals surface area contributed by atoms with Gasteiger partial charge in [0.25, 0.3) is 23.0 Å². The highest BCUT2D eigenvalue weighted by Gasteiger charge is 2.64. The average Bonchev–Trinajstić information content (AvgIpc) is 4.45. The molecule has 8 rings (SSSR count). The monoisotopic (exact) mass is 1240 g/mol. The molecule has 0 radical (unpaired) electrons. The van der Waals surface area contributed by atoms with Gasteiger partial charge in [0.05, 0.1) is 68.7 Å². The number of nitrogens with zero attached hydrogens (tertiary/aromatic N) is 5. The molecule has 4 aromatic carbocycles. The number of carbonyl (C=O) groups is 4. The summed E-state index contributed by atoms with van der Waals surface area (Å²) in [5.41, 5.74) is -6.24. The average molecular weight is 1240 g/mol. The summed E-state index contributed by atoms with van der Waals surface area (Å²) in [5, 5.41) is 26.3. The van der Waals surface area contributed by atoms with E-state index in [0.29, 0.717) is 35.1 Å². The number of nitriles is 2. The quantitative estimate of drug-likeness (QED) is 0.0435. The molecule has 2 aliphatic heterocycles. The van der Waals surface area contributed by atoms with Crippen LogP contribution in [0.25, 0.3) is 0 Å². The molecule has 432 valence electrons. The van der Waals surface area contributed by atoms with E-state index in [2.05, 4.69) is 42.0 Å². The van der Waals surface area contributed by atoms with Crippen molar-refractivity contribution in [2.24, 2.45) is 21.1 Å². The predicted molar refractivity (Wildman–Crippen MR) is 276 cm³/mol. The minimum atomic E-state index is -4.98. The van der Waals surface area contributed by atoms with Crippen LogP contribution in [-0.2, 0) is 39.8 Å². The molecule has 4 aliphatic rings. The predicted octanol–water partition coefficient (Wildman–Crippen LogP) is 13.5. The number of hydrogen-bond donors (Lipinski definition) is 1. The van der Waals surface area contributed by atoms with Crippen molar-refractivity contribution >= 4 is 93.6 Å². The highest BCUT2D eigenvalue weighted by atomic mass is 35.5. The number of methoxy groups -OCH3 is 2. The molecule has 16 nitrogen and oxygen atoms in total. The van der Waals surface area contributed by atoms with Gasteiger partial charge in [-0.3, -0.25) is 9.59 Å². The van der Waals surface area contributed by atoms with Crippen molar-refractivity contribution in [2.45, 2.75) is 75.9 Å². The van der Waals surface area contributed by atoms with E-state index >= 15 is 0 Å². The molecular formula is C52H43Cl5F8N6O10. The van der Waals surface area contributed by atoms with E-state index in [-0.39, 0.29) is 47.6 Å². The van der Waals surface area contributed by atoms with Gasteiger partial charge in [0.1, 0.15) is 0 Å². The summed E-state index contributed by atoms with van der Waals surface area (Å²) in [4.78, 5) is 58.3. The van der Waals surface area contributed by atoms with Gasteiger partial charge in [-0.1, -0.05) is 80.4 Å². The van der Waals surface area contributed by atoms with Crippen molar-refractivity contribution < 1.29 is 82.9 Å². The lowest BCUT2D eigenvalue weighted by Crippen LogP contribution is -2.42. The van der Waals surface area contributed by atoms with E-state index < -0.39 is 115 Å². The van der Waals surface area contributed by atoms with E-state index in [1.165, 1.54) is 48.4 Å². The molecule has 81 heavy (non-hydrogen) atoms. The number of amides is 2. The first kappa shape index (κ1) is 63.4. The Hall–Kier alpha value is -6.83. The first-order valence-corrected chi connectivity index (χ1v) is 25.6. The van der Waals surface area contributed by atoms with Crippen LogP contribution in [0.2, 0.25) is 20.1 Å². The summed E-state index contributed by atoms with van der Waals surface area (Å²) in [6, 6.07) is 16.2. The van der Waals surface area contributed by atoms with Gasteiger partial charge in [-0.05, 0) is 110 Å². The van der Waals surface area contributed by atoms with Crippen molar-refractivity contribution in [1.29, 1.82) is 10.5 Å². The number of ether oxygens (including phenoxy) is 4. The van der Waals surface area contributed by atoms with E-state index in [9.17, 15) is 59.6 Å². The van der Waals surface area contributed by atoms with Gasteiger partial charge in [0.15, 0.2) is 24.4 Å². The summed E-state index contributed by atoms with van der Waals surface area (Å²) in [5.74, 6) is -3.03. The number of aryl methyl sites for hydroxylation is 2. The zero-order valence-electron chi connectivity index (χ0n) is 42.6. The second kappa shape index (κ2) is 25.1. The SMILES string of the molecule is COC(=O)OCCl.COC(=O)OCN(CC1(C#N)CC1)C(=O)c1ccc(C2=NO[C@@](c3cc(Cl)c(F)c(Cl)c3)(C(F)(F)F)C2)cc1C.Cc1cc(C2=NO[C@@](c3cc(Cl)c(F)c(Cl)c3)(C(F)(F)F)C2)ccc1C(=O)NCC1(C#N)CC1. The number of hydrogen-bond acceptors (Lipinski definition) is 14. The number of rotatable bonds is 13. The fourth-order valence-electron chi connectivity index (χ4n) is 8.16. The number of oxime groups is 2. The lowest BCUT2D eigenvalue weighted by molar-refractivity contribution is -0.276. The topological polar surface area (TPSA) is 211 Å². The molecule has 1 N–H and O–H groups in total. The second-order valence-corrected chi connectivity index (χ2v) is 20.6. The van der Waals surface area contributed by atoms with Crippen LogP contribution in [0.1, 0.15) is 92.6 Å². The molecule has 2 amide bonds. The van der Waals surface area contributed by atoms with Crippen molar-refractivity contribution in [1.82, 2.24) is 10.2 Å². The minimum absolute atomic E-state index is 0.00892. The molecule has 4 aromatic rings. The highest BCUT2D eigenvalue weighted by Crippen LogP contribution is 2.52. The molecule has 0 unspecified atom stereocenters.